The second kappa shape index (κ2) is 4.95. The second-order valence-corrected chi connectivity index (χ2v) is 2.93. The third-order valence-corrected chi connectivity index (χ3v) is 1.83. The lowest BCUT2D eigenvalue weighted by Crippen LogP contribution is -2.20. The van der Waals surface area contributed by atoms with Gasteiger partial charge in [0.15, 0.2) is 0 Å². The third-order valence-electron chi connectivity index (χ3n) is 1.83. The van der Waals surface area contributed by atoms with Crippen LogP contribution in [0.25, 0.3) is 0 Å². The highest BCUT2D eigenvalue weighted by Crippen LogP contribution is 2.04. The molecule has 0 aliphatic heterocycles. The zero-order valence-corrected chi connectivity index (χ0v) is 8.06. The smallest absolute Gasteiger partial charge is 0.335 e. The summed E-state index contributed by atoms with van der Waals surface area (Å²) in [6.45, 7) is 3.61. The number of nitrogens with one attached hydrogen (secondary N) is 1. The summed E-state index contributed by atoms with van der Waals surface area (Å²) >= 11 is 0. The predicted octanol–water partition coefficient (Wildman–Crippen LogP) is 1.19. The maximum Gasteiger partial charge on any atom is 0.335 e. The summed E-state index contributed by atoms with van der Waals surface area (Å²) < 4.78 is 0. The molecule has 1 rings (SSSR count). The Labute approximate surface area is 87.2 Å². The molecule has 0 radical (unpaired) electrons. The van der Waals surface area contributed by atoms with Gasteiger partial charge in [-0.15, -0.1) is 0 Å². The molecule has 0 fully saturated rings. The first-order chi connectivity index (χ1) is 7.13. The monoisotopic (exact) mass is 205 g/mol. The van der Waals surface area contributed by atoms with E-state index in [4.69, 9.17) is 5.11 Å². The number of hydrogen-bond donors (Lipinski definition) is 2. The van der Waals surface area contributed by atoms with Gasteiger partial charge in [-0.25, -0.2) is 4.79 Å². The van der Waals surface area contributed by atoms with E-state index in [1.807, 2.05) is 0 Å². The average molecular weight is 205 g/mol. The van der Waals surface area contributed by atoms with Crippen LogP contribution >= 0.6 is 0 Å². The van der Waals surface area contributed by atoms with Crippen LogP contribution in [-0.2, 0) is 11.3 Å². The maximum atomic E-state index is 10.9. The Morgan fingerprint density at radius 2 is 2.20 bits per heavy atom. The van der Waals surface area contributed by atoms with Crippen LogP contribution in [0.2, 0.25) is 0 Å². The number of benzene rings is 1. The molecule has 1 aromatic carbocycles. The Hall–Kier alpha value is -2.10. The van der Waals surface area contributed by atoms with Crippen molar-refractivity contribution in [1.82, 2.24) is 5.32 Å². The minimum Gasteiger partial charge on any atom is -0.478 e. The van der Waals surface area contributed by atoms with Crippen molar-refractivity contribution in [2.75, 3.05) is 0 Å². The van der Waals surface area contributed by atoms with Crippen molar-refractivity contribution in [1.29, 1.82) is 0 Å². The molecule has 78 valence electrons. The third kappa shape index (κ3) is 3.27. The van der Waals surface area contributed by atoms with Crippen molar-refractivity contribution in [2.24, 2.45) is 0 Å². The van der Waals surface area contributed by atoms with E-state index < -0.39 is 5.97 Å². The lowest BCUT2D eigenvalue weighted by Gasteiger charge is -2.03. The molecule has 0 aliphatic carbocycles. The van der Waals surface area contributed by atoms with Gasteiger partial charge in [-0.1, -0.05) is 18.7 Å². The fourth-order valence-electron chi connectivity index (χ4n) is 1.08. The van der Waals surface area contributed by atoms with Crippen LogP contribution in [-0.4, -0.2) is 17.0 Å². The molecule has 0 bridgehead atoms. The van der Waals surface area contributed by atoms with Gasteiger partial charge >= 0.3 is 5.97 Å². The van der Waals surface area contributed by atoms with Crippen LogP contribution in [0.1, 0.15) is 15.9 Å². The molecule has 0 atom stereocenters. The quantitative estimate of drug-likeness (QED) is 0.725. The number of carboxylic acids is 1. The zero-order valence-electron chi connectivity index (χ0n) is 8.06. The first-order valence-corrected chi connectivity index (χ1v) is 4.36. The SMILES string of the molecule is C=CC(=O)NCc1cccc(C(=O)O)c1. The van der Waals surface area contributed by atoms with Crippen molar-refractivity contribution in [2.45, 2.75) is 6.54 Å². The zero-order chi connectivity index (χ0) is 11.3. The lowest BCUT2D eigenvalue weighted by atomic mass is 10.1. The Bertz CT molecular complexity index is 399. The van der Waals surface area contributed by atoms with E-state index in [1.165, 1.54) is 18.2 Å². The molecule has 1 aromatic rings. The molecule has 4 heteroatoms. The summed E-state index contributed by atoms with van der Waals surface area (Å²) in [5, 5.41) is 11.3. The van der Waals surface area contributed by atoms with Crippen molar-refractivity contribution in [3.8, 4) is 0 Å². The van der Waals surface area contributed by atoms with Crippen LogP contribution in [0.3, 0.4) is 0 Å². The molecule has 0 saturated carbocycles. The van der Waals surface area contributed by atoms with E-state index in [0.29, 0.717) is 6.54 Å². The van der Waals surface area contributed by atoms with Gasteiger partial charge in [0.2, 0.25) is 5.91 Å². The summed E-state index contributed by atoms with van der Waals surface area (Å²) in [5.41, 5.74) is 0.949. The molecule has 0 saturated heterocycles. The van der Waals surface area contributed by atoms with Gasteiger partial charge in [-0.2, -0.15) is 0 Å². The Morgan fingerprint density at radius 3 is 2.80 bits per heavy atom. The van der Waals surface area contributed by atoms with E-state index in [9.17, 15) is 9.59 Å². The van der Waals surface area contributed by atoms with Gasteiger partial charge in [0.1, 0.15) is 0 Å². The van der Waals surface area contributed by atoms with E-state index in [-0.39, 0.29) is 11.5 Å². The Morgan fingerprint density at radius 1 is 1.47 bits per heavy atom. The average Bonchev–Trinajstić information content (AvgIpc) is 2.26. The summed E-state index contributed by atoms with van der Waals surface area (Å²) in [6, 6.07) is 6.40. The fraction of sp³-hybridized carbons (Fsp3) is 0.0909. The van der Waals surface area contributed by atoms with Gasteiger partial charge in [0.05, 0.1) is 5.56 Å². The molecule has 1 amide bonds. The van der Waals surface area contributed by atoms with E-state index in [2.05, 4.69) is 11.9 Å². The van der Waals surface area contributed by atoms with Crippen LogP contribution < -0.4 is 5.32 Å². The Kier molecular flexibility index (Phi) is 3.62. The van der Waals surface area contributed by atoms with Crippen LogP contribution in [0.15, 0.2) is 36.9 Å². The maximum absolute atomic E-state index is 10.9. The summed E-state index contributed by atoms with van der Waals surface area (Å²) in [7, 11) is 0. The van der Waals surface area contributed by atoms with Gasteiger partial charge in [0.25, 0.3) is 0 Å². The van der Waals surface area contributed by atoms with Crippen molar-refractivity contribution in [3.63, 3.8) is 0 Å². The molecule has 0 aliphatic rings. The molecule has 4 nitrogen and oxygen atoms in total. The number of amides is 1. The molecule has 0 aromatic heterocycles. The topological polar surface area (TPSA) is 66.4 Å². The van der Waals surface area contributed by atoms with Gasteiger partial charge in [-0.05, 0) is 23.8 Å². The van der Waals surface area contributed by atoms with E-state index in [0.717, 1.165) is 5.56 Å². The van der Waals surface area contributed by atoms with E-state index >= 15 is 0 Å². The number of aromatic carboxylic acids is 1. The molecular formula is C11H11NO3. The number of hydrogen-bond acceptors (Lipinski definition) is 2. The molecule has 0 spiro atoms. The van der Waals surface area contributed by atoms with Gasteiger partial charge in [-0.3, -0.25) is 4.79 Å². The van der Waals surface area contributed by atoms with Crippen molar-refractivity contribution < 1.29 is 14.7 Å². The highest BCUT2D eigenvalue weighted by atomic mass is 16.4. The van der Waals surface area contributed by atoms with Crippen LogP contribution in [0, 0.1) is 0 Å². The largest absolute Gasteiger partial charge is 0.478 e. The van der Waals surface area contributed by atoms with Crippen molar-refractivity contribution in [3.05, 3.63) is 48.0 Å². The summed E-state index contributed by atoms with van der Waals surface area (Å²) in [4.78, 5) is 21.5. The van der Waals surface area contributed by atoms with Crippen LogP contribution in [0.5, 0.6) is 0 Å². The molecule has 0 heterocycles. The number of rotatable bonds is 4. The minimum absolute atomic E-state index is 0.209. The summed E-state index contributed by atoms with van der Waals surface area (Å²) in [6.07, 6.45) is 1.17. The Balaban J connectivity index is 2.69. The summed E-state index contributed by atoms with van der Waals surface area (Å²) in [5.74, 6) is -1.26. The van der Waals surface area contributed by atoms with E-state index in [1.54, 1.807) is 12.1 Å². The second-order valence-electron chi connectivity index (χ2n) is 2.93. The number of carbonyl (C=O) groups excluding carboxylic acids is 1. The van der Waals surface area contributed by atoms with Crippen LogP contribution in [0.4, 0.5) is 0 Å². The normalized spacial score (nSPS) is 9.33. The molecule has 0 unspecified atom stereocenters. The first kappa shape index (κ1) is 11.0. The molecule has 15 heavy (non-hydrogen) atoms. The molecular weight excluding hydrogens is 194 g/mol. The fourth-order valence-corrected chi connectivity index (χ4v) is 1.08. The highest BCUT2D eigenvalue weighted by molar-refractivity contribution is 5.88. The van der Waals surface area contributed by atoms with Crippen molar-refractivity contribution >= 4 is 11.9 Å². The standard InChI is InChI=1S/C11H11NO3/c1-2-10(13)12-7-8-4-3-5-9(6-8)11(14)15/h2-6H,1,7H2,(H,12,13)(H,14,15). The first-order valence-electron chi connectivity index (χ1n) is 4.36. The number of carboxylic acid groups (broad SMARTS) is 1. The number of carbonyl (C=O) groups is 2. The predicted molar refractivity (Wildman–Crippen MR) is 55.4 cm³/mol. The van der Waals surface area contributed by atoms with Gasteiger partial charge < -0.3 is 10.4 Å². The minimum atomic E-state index is -0.980. The molecule has 2 N–H and O–H groups in total. The lowest BCUT2D eigenvalue weighted by molar-refractivity contribution is -0.116. The van der Waals surface area contributed by atoms with Gasteiger partial charge in [0, 0.05) is 6.54 Å². The highest BCUT2D eigenvalue weighted by Gasteiger charge is 2.03.